The van der Waals surface area contributed by atoms with Crippen molar-refractivity contribution in [1.29, 1.82) is 0 Å². The Morgan fingerprint density at radius 3 is 2.32 bits per heavy atom. The van der Waals surface area contributed by atoms with Crippen LogP contribution in [-0.2, 0) is 6.42 Å². The van der Waals surface area contributed by atoms with Gasteiger partial charge in [-0.15, -0.1) is 0 Å². The molecule has 1 atom stereocenters. The molecule has 228 valence electrons. The van der Waals surface area contributed by atoms with E-state index in [4.69, 9.17) is 19.4 Å². The van der Waals surface area contributed by atoms with E-state index >= 15 is 0 Å². The zero-order valence-corrected chi connectivity index (χ0v) is 26.2. The van der Waals surface area contributed by atoms with Gasteiger partial charge < -0.3 is 19.3 Å². The predicted molar refractivity (Wildman–Crippen MR) is 173 cm³/mol. The summed E-state index contributed by atoms with van der Waals surface area (Å²) in [6, 6.07) is 15.4. The fourth-order valence-corrected chi connectivity index (χ4v) is 6.10. The second-order valence-electron chi connectivity index (χ2n) is 11.5. The van der Waals surface area contributed by atoms with Crippen LogP contribution in [0.3, 0.4) is 0 Å². The number of hydrogen-bond acceptors (Lipinski definition) is 8. The molecule has 0 radical (unpaired) electrons. The van der Waals surface area contributed by atoms with E-state index in [2.05, 4.69) is 40.0 Å². The van der Waals surface area contributed by atoms with Crippen molar-refractivity contribution in [2.45, 2.75) is 33.2 Å². The first-order chi connectivity index (χ1) is 21.3. The molecule has 1 unspecified atom stereocenters. The summed E-state index contributed by atoms with van der Waals surface area (Å²) in [7, 11) is 5.44. The predicted octanol–water partition coefficient (Wildman–Crippen LogP) is 5.69. The minimum absolute atomic E-state index is 0.223. The molecule has 2 aliphatic rings. The molecule has 4 heterocycles. The van der Waals surface area contributed by atoms with E-state index < -0.39 is 0 Å². The fourth-order valence-electron chi connectivity index (χ4n) is 6.10. The lowest BCUT2D eigenvalue weighted by atomic mass is 10.0. The van der Waals surface area contributed by atoms with E-state index in [-0.39, 0.29) is 12.1 Å². The number of fused-ring (bicyclic) bond motifs is 1. The van der Waals surface area contributed by atoms with Crippen LogP contribution in [0.5, 0.6) is 11.5 Å². The topological polar surface area (TPSA) is 87.2 Å². The van der Waals surface area contributed by atoms with Crippen LogP contribution in [0.25, 0.3) is 0 Å². The molecule has 4 aromatic rings. The van der Waals surface area contributed by atoms with Gasteiger partial charge in [-0.3, -0.25) is 4.90 Å². The van der Waals surface area contributed by atoms with Gasteiger partial charge in [0.25, 0.3) is 0 Å². The van der Waals surface area contributed by atoms with Gasteiger partial charge >= 0.3 is 6.03 Å². The lowest BCUT2D eigenvalue weighted by molar-refractivity contribution is 0.250. The molecule has 2 aliphatic heterocycles. The first kappa shape index (κ1) is 29.4. The van der Waals surface area contributed by atoms with Gasteiger partial charge in [0, 0.05) is 61.7 Å². The van der Waals surface area contributed by atoms with E-state index in [0.717, 1.165) is 65.6 Å². The Kier molecular flexibility index (Phi) is 8.09. The van der Waals surface area contributed by atoms with Crippen molar-refractivity contribution in [3.63, 3.8) is 0 Å². The van der Waals surface area contributed by atoms with Crippen LogP contribution in [0.15, 0.2) is 60.9 Å². The number of aryl methyl sites for hydroxylation is 2. The number of benzene rings is 2. The molecule has 10 nitrogen and oxygen atoms in total. The highest BCUT2D eigenvalue weighted by Crippen LogP contribution is 2.43. The highest BCUT2D eigenvalue weighted by Gasteiger charge is 2.40. The number of aromatic nitrogens is 3. The lowest BCUT2D eigenvalue weighted by Crippen LogP contribution is -2.48. The fraction of sp³-hybridized carbons (Fsp3) is 0.353. The molecule has 0 aliphatic carbocycles. The molecule has 2 aromatic carbocycles. The molecule has 2 amide bonds. The number of ether oxygens (including phenoxy) is 2. The van der Waals surface area contributed by atoms with Crippen molar-refractivity contribution in [3.05, 3.63) is 89.0 Å². The Labute approximate surface area is 258 Å². The molecule has 2 aromatic heterocycles. The average molecular weight is 594 g/mol. The summed E-state index contributed by atoms with van der Waals surface area (Å²) in [6.45, 7) is 10.1. The zero-order chi connectivity index (χ0) is 31.0. The van der Waals surface area contributed by atoms with Gasteiger partial charge in [-0.1, -0.05) is 24.3 Å². The number of urea groups is 1. The normalized spacial score (nSPS) is 17.1. The van der Waals surface area contributed by atoms with Crippen LogP contribution >= 0.6 is 0 Å². The van der Waals surface area contributed by atoms with Crippen molar-refractivity contribution in [2.24, 2.45) is 0 Å². The van der Waals surface area contributed by atoms with Crippen molar-refractivity contribution in [3.8, 4) is 11.5 Å². The maximum atomic E-state index is 14.4. The number of pyridine rings is 1. The summed E-state index contributed by atoms with van der Waals surface area (Å²) in [4.78, 5) is 36.9. The van der Waals surface area contributed by atoms with Crippen LogP contribution in [0.4, 0.5) is 27.8 Å². The van der Waals surface area contributed by atoms with Crippen molar-refractivity contribution >= 4 is 29.0 Å². The Balaban J connectivity index is 1.39. The SMILES string of the molecule is COc1ccc(N2C(=O)N(c3c(C)cccc3C)C(C)c3cnc(Cc4ccc(N5CCN(C)CC5)cc4OC)nc32)nc1. The van der Waals surface area contributed by atoms with Crippen molar-refractivity contribution < 1.29 is 14.3 Å². The third-order valence-corrected chi connectivity index (χ3v) is 8.65. The molecule has 1 saturated heterocycles. The largest absolute Gasteiger partial charge is 0.496 e. The van der Waals surface area contributed by atoms with E-state index in [0.29, 0.717) is 29.6 Å². The van der Waals surface area contributed by atoms with Gasteiger partial charge in [-0.25, -0.2) is 24.6 Å². The van der Waals surface area contributed by atoms with E-state index in [1.807, 2.05) is 50.1 Å². The number of para-hydroxylation sites is 1. The van der Waals surface area contributed by atoms with Gasteiger partial charge in [0.2, 0.25) is 0 Å². The first-order valence-corrected chi connectivity index (χ1v) is 14.9. The number of carbonyl (C=O) groups is 1. The van der Waals surface area contributed by atoms with Crippen LogP contribution in [-0.4, -0.2) is 73.3 Å². The lowest BCUT2D eigenvalue weighted by Gasteiger charge is -2.41. The number of amides is 2. The summed E-state index contributed by atoms with van der Waals surface area (Å²) < 4.78 is 11.2. The quantitative estimate of drug-likeness (QED) is 0.270. The molecular formula is C34H39N7O3. The van der Waals surface area contributed by atoms with Crippen molar-refractivity contribution in [1.82, 2.24) is 19.9 Å². The molecule has 1 fully saturated rings. The van der Waals surface area contributed by atoms with E-state index in [9.17, 15) is 4.79 Å². The third kappa shape index (κ3) is 5.41. The highest BCUT2D eigenvalue weighted by atomic mass is 16.5. The van der Waals surface area contributed by atoms with Gasteiger partial charge in [-0.05, 0) is 57.1 Å². The summed E-state index contributed by atoms with van der Waals surface area (Å²) in [5.74, 6) is 2.98. The number of anilines is 4. The molecule has 0 N–H and O–H groups in total. The summed E-state index contributed by atoms with van der Waals surface area (Å²) in [6.07, 6.45) is 3.90. The molecule has 0 saturated carbocycles. The summed E-state index contributed by atoms with van der Waals surface area (Å²) in [5.41, 5.74) is 5.87. The molecule has 6 rings (SSSR count). The Morgan fingerprint density at radius 2 is 1.66 bits per heavy atom. The second-order valence-corrected chi connectivity index (χ2v) is 11.5. The van der Waals surface area contributed by atoms with E-state index in [1.54, 1.807) is 37.4 Å². The first-order valence-electron chi connectivity index (χ1n) is 14.9. The van der Waals surface area contributed by atoms with Crippen molar-refractivity contribution in [2.75, 3.05) is 62.1 Å². The van der Waals surface area contributed by atoms with Crippen LogP contribution < -0.4 is 24.2 Å². The number of hydrogen-bond donors (Lipinski definition) is 0. The minimum atomic E-state index is -0.293. The van der Waals surface area contributed by atoms with Crippen LogP contribution in [0, 0.1) is 13.8 Å². The van der Waals surface area contributed by atoms with Crippen LogP contribution in [0.1, 0.15) is 41.0 Å². The smallest absolute Gasteiger partial charge is 0.336 e. The minimum Gasteiger partial charge on any atom is -0.496 e. The number of methoxy groups -OCH3 is 2. The Bertz CT molecular complexity index is 1650. The summed E-state index contributed by atoms with van der Waals surface area (Å²) in [5, 5.41) is 0. The maximum absolute atomic E-state index is 14.4. The van der Waals surface area contributed by atoms with Crippen LogP contribution in [0.2, 0.25) is 0 Å². The number of likely N-dealkylation sites (N-methyl/N-ethyl adjacent to an activating group) is 1. The number of carbonyl (C=O) groups excluding carboxylic acids is 1. The standard InChI is InChI=1S/C34H39N7O3/c1-22-8-7-9-23(2)32(22)40-24(3)28-21-35-30(37-33(28)41(34(40)42)31-13-12-27(43-5)20-36-31)18-25-10-11-26(19-29(25)44-6)39-16-14-38(4)15-17-39/h7-13,19-21,24H,14-18H2,1-6H3. The van der Waals surface area contributed by atoms with Gasteiger partial charge in [0.15, 0.2) is 5.82 Å². The Hall–Kier alpha value is -4.70. The number of rotatable bonds is 7. The maximum Gasteiger partial charge on any atom is 0.336 e. The molecule has 0 bridgehead atoms. The molecule has 10 heteroatoms. The molecule has 44 heavy (non-hydrogen) atoms. The van der Waals surface area contributed by atoms with Gasteiger partial charge in [0.1, 0.15) is 23.1 Å². The number of piperazine rings is 1. The highest BCUT2D eigenvalue weighted by molar-refractivity contribution is 6.11. The number of nitrogens with zero attached hydrogens (tertiary/aromatic N) is 7. The second kappa shape index (κ2) is 12.1. The Morgan fingerprint density at radius 1 is 0.909 bits per heavy atom. The zero-order valence-electron chi connectivity index (χ0n) is 26.2. The average Bonchev–Trinajstić information content (AvgIpc) is 3.03. The monoisotopic (exact) mass is 593 g/mol. The van der Waals surface area contributed by atoms with Gasteiger partial charge in [0.05, 0.1) is 32.1 Å². The summed E-state index contributed by atoms with van der Waals surface area (Å²) >= 11 is 0. The third-order valence-electron chi connectivity index (χ3n) is 8.65. The van der Waals surface area contributed by atoms with E-state index in [1.165, 1.54) is 0 Å². The van der Waals surface area contributed by atoms with Gasteiger partial charge in [-0.2, -0.15) is 0 Å². The molecule has 0 spiro atoms. The molecular weight excluding hydrogens is 554 g/mol.